The van der Waals surface area contributed by atoms with E-state index in [1.807, 2.05) is 0 Å². The number of benzene rings is 8. The van der Waals surface area contributed by atoms with Gasteiger partial charge in [-0.05, 0) is 102 Å². The van der Waals surface area contributed by atoms with Gasteiger partial charge in [-0.25, -0.2) is 0 Å². The van der Waals surface area contributed by atoms with Gasteiger partial charge in [-0.2, -0.15) is 0 Å². The molecule has 0 aliphatic rings. The molecule has 52 heavy (non-hydrogen) atoms. The van der Waals surface area contributed by atoms with Crippen LogP contribution in [0.5, 0.6) is 0 Å². The van der Waals surface area contributed by atoms with E-state index >= 15 is 0 Å². The van der Waals surface area contributed by atoms with Crippen molar-refractivity contribution in [2.75, 3.05) is 0 Å². The van der Waals surface area contributed by atoms with Crippen molar-refractivity contribution in [2.45, 2.75) is 13.3 Å². The first-order valence-electron chi connectivity index (χ1n) is 18.1. The number of rotatable bonds is 9. The van der Waals surface area contributed by atoms with Crippen LogP contribution in [-0.4, -0.2) is 0 Å². The predicted molar refractivity (Wildman–Crippen MR) is 226 cm³/mol. The second-order valence-electron chi connectivity index (χ2n) is 13.4. The standard InChI is InChI=1S/C52H40/c1-38-16-8-9-19-41(38)32-34-50-46-24-12-14-26-48(46)51(49-27-15-13-25-47(49)50)35-33-42-20-10-11-23-45(42)37-52(43-21-6-3-7-22-43)44-30-28-40(29-31-44)36-39-17-4-2-5-18-39/h2-35,37H,36H2,1H3/b34-32?,35-33?,52-37-. The Morgan fingerprint density at radius 3 is 1.37 bits per heavy atom. The third kappa shape index (κ3) is 7.06. The first-order chi connectivity index (χ1) is 25.7. The lowest BCUT2D eigenvalue weighted by Crippen LogP contribution is -1.92. The molecule has 0 amide bonds. The van der Waals surface area contributed by atoms with Crippen LogP contribution >= 0.6 is 0 Å². The van der Waals surface area contributed by atoms with Crippen LogP contribution in [0.15, 0.2) is 182 Å². The summed E-state index contributed by atoms with van der Waals surface area (Å²) in [7, 11) is 0. The summed E-state index contributed by atoms with van der Waals surface area (Å²) >= 11 is 0. The summed E-state index contributed by atoms with van der Waals surface area (Å²) in [4.78, 5) is 0. The van der Waals surface area contributed by atoms with Crippen LogP contribution in [0.4, 0.5) is 0 Å². The van der Waals surface area contributed by atoms with Crippen molar-refractivity contribution < 1.29 is 0 Å². The summed E-state index contributed by atoms with van der Waals surface area (Å²) in [5.74, 6) is 0. The zero-order valence-corrected chi connectivity index (χ0v) is 29.4. The van der Waals surface area contributed by atoms with Crippen LogP contribution in [-0.2, 0) is 6.42 Å². The van der Waals surface area contributed by atoms with Gasteiger partial charge in [0.1, 0.15) is 0 Å². The van der Waals surface area contributed by atoms with Gasteiger partial charge in [-0.15, -0.1) is 0 Å². The topological polar surface area (TPSA) is 0 Å². The first-order valence-corrected chi connectivity index (χ1v) is 18.1. The Balaban J connectivity index is 1.20. The molecule has 0 fully saturated rings. The van der Waals surface area contributed by atoms with E-state index in [2.05, 4.69) is 219 Å². The van der Waals surface area contributed by atoms with E-state index < -0.39 is 0 Å². The minimum Gasteiger partial charge on any atom is -0.0622 e. The molecule has 8 aromatic carbocycles. The predicted octanol–water partition coefficient (Wildman–Crippen LogP) is 13.8. The molecule has 0 heterocycles. The maximum atomic E-state index is 2.34. The lowest BCUT2D eigenvalue weighted by Gasteiger charge is -2.14. The van der Waals surface area contributed by atoms with Crippen molar-refractivity contribution in [3.05, 3.63) is 238 Å². The minimum atomic E-state index is 0.923. The van der Waals surface area contributed by atoms with E-state index in [1.54, 1.807) is 0 Å². The van der Waals surface area contributed by atoms with Crippen LogP contribution in [0.25, 0.3) is 57.5 Å². The fraction of sp³-hybridized carbons (Fsp3) is 0.0385. The van der Waals surface area contributed by atoms with Crippen molar-refractivity contribution in [1.82, 2.24) is 0 Å². The molecule has 0 heteroatoms. The van der Waals surface area contributed by atoms with Crippen molar-refractivity contribution in [2.24, 2.45) is 0 Å². The van der Waals surface area contributed by atoms with Gasteiger partial charge >= 0.3 is 0 Å². The largest absolute Gasteiger partial charge is 0.0622 e. The second-order valence-corrected chi connectivity index (χ2v) is 13.4. The third-order valence-corrected chi connectivity index (χ3v) is 9.96. The van der Waals surface area contributed by atoms with Crippen LogP contribution < -0.4 is 0 Å². The van der Waals surface area contributed by atoms with Crippen LogP contribution in [0.3, 0.4) is 0 Å². The Kier molecular flexibility index (Phi) is 9.54. The molecular formula is C52H40. The Morgan fingerprint density at radius 2 is 0.788 bits per heavy atom. The molecule has 0 saturated carbocycles. The van der Waals surface area contributed by atoms with Crippen molar-refractivity contribution in [3.8, 4) is 0 Å². The van der Waals surface area contributed by atoms with Gasteiger partial charge in [0.15, 0.2) is 0 Å². The van der Waals surface area contributed by atoms with Gasteiger partial charge in [-0.3, -0.25) is 0 Å². The molecule has 248 valence electrons. The highest BCUT2D eigenvalue weighted by Crippen LogP contribution is 2.36. The lowest BCUT2D eigenvalue weighted by atomic mass is 9.90. The molecular weight excluding hydrogens is 625 g/mol. The molecule has 0 nitrogen and oxygen atoms in total. The smallest absolute Gasteiger partial charge is 0.00258 e. The Labute approximate surface area is 307 Å². The fourth-order valence-electron chi connectivity index (χ4n) is 7.21. The Hall–Kier alpha value is -6.50. The quantitative estimate of drug-likeness (QED) is 0.106. The molecule has 0 N–H and O–H groups in total. The summed E-state index contributed by atoms with van der Waals surface area (Å²) in [6, 6.07) is 65.4. The molecule has 0 atom stereocenters. The maximum absolute atomic E-state index is 2.34. The number of hydrogen-bond acceptors (Lipinski definition) is 0. The lowest BCUT2D eigenvalue weighted by molar-refractivity contribution is 1.19. The maximum Gasteiger partial charge on any atom is -0.00258 e. The molecule has 0 saturated heterocycles. The summed E-state index contributed by atoms with van der Waals surface area (Å²) in [6.07, 6.45) is 12.4. The molecule has 0 aliphatic heterocycles. The van der Waals surface area contributed by atoms with Gasteiger partial charge in [0.05, 0.1) is 0 Å². The molecule has 0 unspecified atom stereocenters. The highest BCUT2D eigenvalue weighted by atomic mass is 14.2. The van der Waals surface area contributed by atoms with Gasteiger partial charge in [0.2, 0.25) is 0 Å². The second kappa shape index (κ2) is 15.2. The summed E-state index contributed by atoms with van der Waals surface area (Å²) in [5.41, 5.74) is 13.6. The zero-order chi connectivity index (χ0) is 35.1. The van der Waals surface area contributed by atoms with Crippen LogP contribution in [0.2, 0.25) is 0 Å². The van der Waals surface area contributed by atoms with Gasteiger partial charge < -0.3 is 0 Å². The number of aryl methyl sites for hydroxylation is 1. The molecule has 8 rings (SSSR count). The van der Waals surface area contributed by atoms with E-state index in [0.29, 0.717) is 0 Å². The fourth-order valence-corrected chi connectivity index (χ4v) is 7.21. The van der Waals surface area contributed by atoms with Crippen LogP contribution in [0.1, 0.15) is 55.6 Å². The van der Waals surface area contributed by atoms with E-state index in [0.717, 1.165) is 6.42 Å². The molecule has 0 aliphatic carbocycles. The van der Waals surface area contributed by atoms with Gasteiger partial charge in [-0.1, -0.05) is 206 Å². The Morgan fingerprint density at radius 1 is 0.365 bits per heavy atom. The highest BCUT2D eigenvalue weighted by Gasteiger charge is 2.12. The Bertz CT molecular complexity index is 2510. The highest BCUT2D eigenvalue weighted by molar-refractivity contribution is 6.14. The molecule has 0 bridgehead atoms. The average Bonchev–Trinajstić information content (AvgIpc) is 3.20. The van der Waals surface area contributed by atoms with E-state index in [4.69, 9.17) is 0 Å². The molecule has 0 radical (unpaired) electrons. The van der Waals surface area contributed by atoms with Crippen molar-refractivity contribution in [1.29, 1.82) is 0 Å². The number of hydrogen-bond donors (Lipinski definition) is 0. The average molecular weight is 665 g/mol. The van der Waals surface area contributed by atoms with Gasteiger partial charge in [0.25, 0.3) is 0 Å². The van der Waals surface area contributed by atoms with Gasteiger partial charge in [0, 0.05) is 0 Å². The molecule has 0 spiro atoms. The van der Waals surface area contributed by atoms with Crippen LogP contribution in [0, 0.1) is 6.92 Å². The van der Waals surface area contributed by atoms with E-state index in [1.165, 1.54) is 82.8 Å². The van der Waals surface area contributed by atoms with Crippen molar-refractivity contribution in [3.63, 3.8) is 0 Å². The minimum absolute atomic E-state index is 0.923. The summed E-state index contributed by atoms with van der Waals surface area (Å²) in [6.45, 7) is 2.17. The monoisotopic (exact) mass is 664 g/mol. The normalized spacial score (nSPS) is 12.0. The molecule has 8 aromatic rings. The zero-order valence-electron chi connectivity index (χ0n) is 29.4. The first kappa shape index (κ1) is 32.7. The van der Waals surface area contributed by atoms with E-state index in [9.17, 15) is 0 Å². The third-order valence-electron chi connectivity index (χ3n) is 9.96. The number of fused-ring (bicyclic) bond motifs is 2. The summed E-state index contributed by atoms with van der Waals surface area (Å²) in [5, 5.41) is 4.99. The van der Waals surface area contributed by atoms with E-state index in [-0.39, 0.29) is 0 Å². The summed E-state index contributed by atoms with van der Waals surface area (Å²) < 4.78 is 0. The SMILES string of the molecule is Cc1ccccc1C=Cc1c2ccccc2c(C=Cc2ccccc2/C=C(/c2ccccc2)c2ccc(Cc3ccccc3)cc2)c2ccccc12. The molecule has 0 aromatic heterocycles. The van der Waals surface area contributed by atoms with Crippen molar-refractivity contribution >= 4 is 57.5 Å².